The zero-order chi connectivity index (χ0) is 24.9. The molecule has 1 aliphatic rings. The first kappa shape index (κ1) is 24.0. The Morgan fingerprint density at radius 1 is 1.06 bits per heavy atom. The molecule has 172 valence electrons. The van der Waals surface area contributed by atoms with Gasteiger partial charge in [0.05, 0.1) is 10.6 Å². The van der Waals surface area contributed by atoms with Crippen molar-refractivity contribution in [3.63, 3.8) is 0 Å². The number of allylic oxidation sites excluding steroid dienone is 3. The first-order valence-electron chi connectivity index (χ1n) is 10.8. The molecule has 0 unspecified atom stereocenters. The van der Waals surface area contributed by atoms with Gasteiger partial charge in [0.15, 0.2) is 5.78 Å². The van der Waals surface area contributed by atoms with E-state index in [1.165, 1.54) is 0 Å². The van der Waals surface area contributed by atoms with Crippen molar-refractivity contribution in [1.29, 1.82) is 10.5 Å². The van der Waals surface area contributed by atoms with Gasteiger partial charge in [0.1, 0.15) is 22.9 Å². The predicted molar refractivity (Wildman–Crippen MR) is 138 cm³/mol. The van der Waals surface area contributed by atoms with Crippen LogP contribution in [0.2, 0.25) is 5.15 Å². The SMILES string of the molecule is CCN(CC)c1ccc(N=Nc2nc(Cl)c(/C=C3\C(=O)c4ccccc4C3=C(C#N)C#N)s2)cc1. The lowest BCUT2D eigenvalue weighted by atomic mass is 9.99. The fraction of sp³-hybridized carbons (Fsp3) is 0.154. The molecule has 0 spiro atoms. The van der Waals surface area contributed by atoms with Gasteiger partial charge in [0, 0.05) is 35.5 Å². The van der Waals surface area contributed by atoms with Crippen LogP contribution < -0.4 is 4.90 Å². The molecule has 1 aliphatic carbocycles. The molecule has 0 saturated carbocycles. The van der Waals surface area contributed by atoms with Crippen molar-refractivity contribution in [2.75, 3.05) is 18.0 Å². The summed E-state index contributed by atoms with van der Waals surface area (Å²) in [5, 5.41) is 27.8. The Bertz CT molecular complexity index is 1450. The molecule has 35 heavy (non-hydrogen) atoms. The highest BCUT2D eigenvalue weighted by atomic mass is 35.5. The molecule has 0 N–H and O–H groups in total. The Morgan fingerprint density at radius 3 is 2.34 bits per heavy atom. The van der Waals surface area contributed by atoms with E-state index in [-0.39, 0.29) is 22.1 Å². The van der Waals surface area contributed by atoms with Crippen molar-refractivity contribution < 1.29 is 4.79 Å². The summed E-state index contributed by atoms with van der Waals surface area (Å²) in [4.78, 5) is 20.0. The van der Waals surface area contributed by atoms with Gasteiger partial charge in [-0.1, -0.05) is 47.2 Å². The summed E-state index contributed by atoms with van der Waals surface area (Å²) >= 11 is 7.50. The lowest BCUT2D eigenvalue weighted by Gasteiger charge is -2.20. The molecule has 0 atom stereocenters. The van der Waals surface area contributed by atoms with E-state index in [9.17, 15) is 15.3 Å². The smallest absolute Gasteiger partial charge is 0.231 e. The largest absolute Gasteiger partial charge is 0.372 e. The highest BCUT2D eigenvalue weighted by Gasteiger charge is 2.32. The van der Waals surface area contributed by atoms with Gasteiger partial charge < -0.3 is 4.90 Å². The molecule has 0 radical (unpaired) electrons. The first-order chi connectivity index (χ1) is 17.0. The minimum absolute atomic E-state index is 0.136. The maximum absolute atomic E-state index is 13.1. The third kappa shape index (κ3) is 4.76. The number of hydrogen-bond donors (Lipinski definition) is 0. The number of Topliss-reactive ketones (excluding diaryl/α,β-unsaturated/α-hetero) is 1. The molecule has 1 heterocycles. The second-order valence-electron chi connectivity index (χ2n) is 7.45. The Labute approximate surface area is 211 Å². The molecule has 9 heteroatoms. The second kappa shape index (κ2) is 10.4. The van der Waals surface area contributed by atoms with E-state index in [4.69, 9.17) is 11.6 Å². The Morgan fingerprint density at radius 2 is 1.71 bits per heavy atom. The van der Waals surface area contributed by atoms with Crippen LogP contribution in [0.1, 0.15) is 34.6 Å². The van der Waals surface area contributed by atoms with Crippen LogP contribution in [0.4, 0.5) is 16.5 Å². The Balaban J connectivity index is 1.65. The van der Waals surface area contributed by atoms with Gasteiger partial charge in [-0.25, -0.2) is 4.98 Å². The van der Waals surface area contributed by atoms with E-state index in [2.05, 4.69) is 34.0 Å². The van der Waals surface area contributed by atoms with Crippen molar-refractivity contribution in [2.45, 2.75) is 13.8 Å². The monoisotopic (exact) mass is 498 g/mol. The molecule has 0 fully saturated rings. The molecule has 2 aromatic carbocycles. The topological polar surface area (TPSA) is 106 Å². The summed E-state index contributed by atoms with van der Waals surface area (Å²) in [5.74, 6) is -0.278. The van der Waals surface area contributed by atoms with E-state index in [1.807, 2.05) is 36.4 Å². The summed E-state index contributed by atoms with van der Waals surface area (Å²) in [7, 11) is 0. The van der Waals surface area contributed by atoms with Crippen LogP contribution in [-0.4, -0.2) is 23.9 Å². The number of nitriles is 2. The van der Waals surface area contributed by atoms with Crippen molar-refractivity contribution in [2.24, 2.45) is 10.2 Å². The summed E-state index contributed by atoms with van der Waals surface area (Å²) in [6.45, 7) is 6.05. The molecule has 0 aliphatic heterocycles. The second-order valence-corrected chi connectivity index (χ2v) is 8.81. The highest BCUT2D eigenvalue weighted by molar-refractivity contribution is 7.16. The lowest BCUT2D eigenvalue weighted by molar-refractivity contribution is 0.104. The van der Waals surface area contributed by atoms with Gasteiger partial charge in [-0.2, -0.15) is 10.5 Å². The molecule has 0 amide bonds. The number of thiazole rings is 1. The quantitative estimate of drug-likeness (QED) is 0.204. The van der Waals surface area contributed by atoms with Gasteiger partial charge in [-0.3, -0.25) is 4.79 Å². The summed E-state index contributed by atoms with van der Waals surface area (Å²) < 4.78 is 0. The molecule has 7 nitrogen and oxygen atoms in total. The van der Waals surface area contributed by atoms with E-state index < -0.39 is 0 Å². The third-order valence-corrected chi connectivity index (χ3v) is 6.82. The number of hydrogen-bond acceptors (Lipinski definition) is 8. The van der Waals surface area contributed by atoms with Gasteiger partial charge >= 0.3 is 0 Å². The number of ketones is 1. The first-order valence-corrected chi connectivity index (χ1v) is 12.0. The van der Waals surface area contributed by atoms with Crippen molar-refractivity contribution in [3.8, 4) is 12.1 Å². The van der Waals surface area contributed by atoms with Crippen LogP contribution in [0.3, 0.4) is 0 Å². The van der Waals surface area contributed by atoms with Gasteiger partial charge in [0.2, 0.25) is 5.13 Å². The van der Waals surface area contributed by atoms with Crippen molar-refractivity contribution >= 4 is 56.9 Å². The maximum Gasteiger partial charge on any atom is 0.231 e. The normalized spacial score (nSPS) is 13.7. The van der Waals surface area contributed by atoms with Gasteiger partial charge in [0.25, 0.3) is 0 Å². The minimum Gasteiger partial charge on any atom is -0.372 e. The number of halogens is 1. The average Bonchev–Trinajstić information content (AvgIpc) is 3.37. The highest BCUT2D eigenvalue weighted by Crippen LogP contribution is 2.41. The van der Waals surface area contributed by atoms with E-state index in [0.717, 1.165) is 30.1 Å². The average molecular weight is 499 g/mol. The number of aromatic nitrogens is 1. The molecule has 0 saturated heterocycles. The van der Waals surface area contributed by atoms with Crippen LogP contribution in [0.5, 0.6) is 0 Å². The number of fused-ring (bicyclic) bond motifs is 1. The lowest BCUT2D eigenvalue weighted by Crippen LogP contribution is -2.21. The van der Waals surface area contributed by atoms with Crippen LogP contribution in [0, 0.1) is 22.7 Å². The van der Waals surface area contributed by atoms with Gasteiger partial charge in [-0.15, -0.1) is 10.2 Å². The number of anilines is 1. The van der Waals surface area contributed by atoms with Crippen LogP contribution in [0.25, 0.3) is 11.6 Å². The number of rotatable bonds is 6. The maximum atomic E-state index is 13.1. The summed E-state index contributed by atoms with van der Waals surface area (Å²) in [5.41, 5.74) is 3.16. The molecular formula is C26H19ClN6OS. The molecule has 4 rings (SSSR count). The van der Waals surface area contributed by atoms with Crippen LogP contribution in [-0.2, 0) is 0 Å². The number of benzene rings is 2. The zero-order valence-electron chi connectivity index (χ0n) is 19.0. The number of carbonyl (C=O) groups excluding carboxylic acids is 1. The third-order valence-electron chi connectivity index (χ3n) is 5.53. The summed E-state index contributed by atoms with van der Waals surface area (Å²) in [6.07, 6.45) is 1.56. The fourth-order valence-electron chi connectivity index (χ4n) is 3.83. The van der Waals surface area contributed by atoms with Crippen molar-refractivity contribution in [1.82, 2.24) is 4.98 Å². The Kier molecular flexibility index (Phi) is 7.17. The van der Waals surface area contributed by atoms with Crippen LogP contribution >= 0.6 is 22.9 Å². The van der Waals surface area contributed by atoms with Gasteiger partial charge in [-0.05, 0) is 49.8 Å². The Hall–Kier alpha value is -4.11. The van der Waals surface area contributed by atoms with Crippen molar-refractivity contribution in [3.05, 3.63) is 80.8 Å². The van der Waals surface area contributed by atoms with E-state index in [1.54, 1.807) is 30.3 Å². The fourth-order valence-corrected chi connectivity index (χ4v) is 4.85. The van der Waals surface area contributed by atoms with Crippen LogP contribution in [0.15, 0.2) is 69.9 Å². The molecule has 3 aromatic rings. The van der Waals surface area contributed by atoms with E-state index >= 15 is 0 Å². The zero-order valence-corrected chi connectivity index (χ0v) is 20.6. The minimum atomic E-state index is -0.278. The summed E-state index contributed by atoms with van der Waals surface area (Å²) in [6, 6.07) is 18.4. The number of azo groups is 1. The van der Waals surface area contributed by atoms with E-state index in [0.29, 0.717) is 32.4 Å². The predicted octanol–water partition coefficient (Wildman–Crippen LogP) is 7.14. The molecule has 0 bridgehead atoms. The number of nitrogens with zero attached hydrogens (tertiary/aromatic N) is 6. The number of carbonyl (C=O) groups is 1. The molecule has 1 aromatic heterocycles. The molecular weight excluding hydrogens is 480 g/mol. The standard InChI is InChI=1S/C26H19ClN6OS/c1-3-33(4-2)18-11-9-17(10-12-18)31-32-26-30-25(27)22(35-26)13-21-23(16(14-28)15-29)19-7-5-6-8-20(19)24(21)34/h5-13H,3-4H2,1-2H3/b21-13-,32-31?.